The van der Waals surface area contributed by atoms with E-state index < -0.39 is 17.4 Å². The minimum Gasteiger partial charge on any atom is -0.466 e. The highest BCUT2D eigenvalue weighted by Gasteiger charge is 2.43. The van der Waals surface area contributed by atoms with E-state index >= 15 is 0 Å². The van der Waals surface area contributed by atoms with Gasteiger partial charge in [-0.3, -0.25) is 4.79 Å². The van der Waals surface area contributed by atoms with Gasteiger partial charge in [0.15, 0.2) is 0 Å². The number of aliphatic hydroxyl groups is 1. The van der Waals surface area contributed by atoms with Crippen LogP contribution in [0, 0.1) is 5.82 Å². The molecule has 1 aromatic carbocycles. The van der Waals surface area contributed by atoms with Crippen molar-refractivity contribution in [2.45, 2.75) is 44.6 Å². The standard InChI is InChI=1S/C15H19FO3/c1-3-10-8-15(18,9-14(17)19-4-2)13-7-11(16)5-6-12(10)13/h5-7,10,18H,3-4,8-9H2,1-2H3/t10-,15-/m0/s1. The van der Waals surface area contributed by atoms with Crippen molar-refractivity contribution in [3.8, 4) is 0 Å². The Morgan fingerprint density at radius 3 is 2.89 bits per heavy atom. The Bertz CT molecular complexity index is 486. The number of ether oxygens (including phenoxy) is 1. The maximum absolute atomic E-state index is 13.4. The number of hydrogen-bond donors (Lipinski definition) is 1. The fourth-order valence-corrected chi connectivity index (χ4v) is 2.90. The Labute approximate surface area is 112 Å². The molecule has 0 aliphatic heterocycles. The molecule has 0 spiro atoms. The second-order valence-electron chi connectivity index (χ2n) is 5.05. The van der Waals surface area contributed by atoms with E-state index in [-0.39, 0.29) is 18.9 Å². The number of benzene rings is 1. The molecule has 0 heterocycles. The molecule has 2 atom stereocenters. The SMILES string of the molecule is CCOC(=O)C[C@@]1(O)C[C@H](CC)c2ccc(F)cc21. The lowest BCUT2D eigenvalue weighted by molar-refractivity contribution is -0.149. The summed E-state index contributed by atoms with van der Waals surface area (Å²) in [4.78, 5) is 11.6. The molecule has 0 saturated heterocycles. The van der Waals surface area contributed by atoms with E-state index in [0.717, 1.165) is 12.0 Å². The minimum atomic E-state index is -1.30. The minimum absolute atomic E-state index is 0.117. The average Bonchev–Trinajstić information content (AvgIpc) is 2.62. The molecule has 1 N–H and O–H groups in total. The van der Waals surface area contributed by atoms with Crippen LogP contribution in [0.4, 0.5) is 4.39 Å². The predicted octanol–water partition coefficient (Wildman–Crippen LogP) is 2.86. The Balaban J connectivity index is 2.33. The van der Waals surface area contributed by atoms with Gasteiger partial charge in [0, 0.05) is 0 Å². The first kappa shape index (κ1) is 14.0. The fourth-order valence-electron chi connectivity index (χ4n) is 2.90. The molecule has 104 valence electrons. The second-order valence-corrected chi connectivity index (χ2v) is 5.05. The molecule has 0 fully saturated rings. The molecule has 0 bridgehead atoms. The van der Waals surface area contributed by atoms with Gasteiger partial charge in [-0.15, -0.1) is 0 Å². The normalized spacial score (nSPS) is 25.2. The van der Waals surface area contributed by atoms with Gasteiger partial charge in [-0.25, -0.2) is 4.39 Å². The monoisotopic (exact) mass is 266 g/mol. The summed E-state index contributed by atoms with van der Waals surface area (Å²) in [6.45, 7) is 4.02. The molecule has 1 aromatic rings. The summed E-state index contributed by atoms with van der Waals surface area (Å²) in [6, 6.07) is 4.45. The summed E-state index contributed by atoms with van der Waals surface area (Å²) >= 11 is 0. The zero-order valence-electron chi connectivity index (χ0n) is 11.3. The average molecular weight is 266 g/mol. The number of halogens is 1. The van der Waals surface area contributed by atoms with Crippen molar-refractivity contribution >= 4 is 5.97 Å². The third-order valence-electron chi connectivity index (χ3n) is 3.78. The smallest absolute Gasteiger partial charge is 0.309 e. The zero-order chi connectivity index (χ0) is 14.0. The van der Waals surface area contributed by atoms with Gasteiger partial charge in [-0.1, -0.05) is 13.0 Å². The van der Waals surface area contributed by atoms with E-state index in [4.69, 9.17) is 4.74 Å². The Kier molecular flexibility index (Phi) is 3.90. The molecule has 0 amide bonds. The maximum atomic E-state index is 13.4. The van der Waals surface area contributed by atoms with Crippen molar-refractivity contribution in [1.82, 2.24) is 0 Å². The molecular weight excluding hydrogens is 247 g/mol. The number of esters is 1. The van der Waals surface area contributed by atoms with Crippen molar-refractivity contribution < 1.29 is 19.0 Å². The lowest BCUT2D eigenvalue weighted by atomic mass is 9.91. The maximum Gasteiger partial charge on any atom is 0.309 e. The van der Waals surface area contributed by atoms with E-state index in [1.807, 2.05) is 6.92 Å². The first-order valence-corrected chi connectivity index (χ1v) is 6.68. The van der Waals surface area contributed by atoms with Gasteiger partial charge in [-0.2, -0.15) is 0 Å². The summed E-state index contributed by atoms with van der Waals surface area (Å²) in [6.07, 6.45) is 1.18. The van der Waals surface area contributed by atoms with Gasteiger partial charge in [0.05, 0.1) is 13.0 Å². The topological polar surface area (TPSA) is 46.5 Å². The van der Waals surface area contributed by atoms with Crippen LogP contribution >= 0.6 is 0 Å². The van der Waals surface area contributed by atoms with Crippen LogP contribution in [0.2, 0.25) is 0 Å². The molecule has 1 aliphatic rings. The first-order valence-electron chi connectivity index (χ1n) is 6.68. The van der Waals surface area contributed by atoms with Gasteiger partial charge in [0.2, 0.25) is 0 Å². The lowest BCUT2D eigenvalue weighted by Crippen LogP contribution is -2.27. The van der Waals surface area contributed by atoms with Gasteiger partial charge in [0.1, 0.15) is 11.4 Å². The number of carbonyl (C=O) groups excluding carboxylic acids is 1. The molecule has 0 aromatic heterocycles. The first-order chi connectivity index (χ1) is 9.00. The molecule has 1 aliphatic carbocycles. The summed E-state index contributed by atoms with van der Waals surface area (Å²) in [7, 11) is 0. The Morgan fingerprint density at radius 2 is 2.26 bits per heavy atom. The summed E-state index contributed by atoms with van der Waals surface area (Å²) in [5, 5.41) is 10.7. The second kappa shape index (κ2) is 5.29. The quantitative estimate of drug-likeness (QED) is 0.852. The van der Waals surface area contributed by atoms with Crippen LogP contribution < -0.4 is 0 Å². The van der Waals surface area contributed by atoms with Crippen molar-refractivity contribution in [1.29, 1.82) is 0 Å². The van der Waals surface area contributed by atoms with Crippen LogP contribution in [0.1, 0.15) is 50.2 Å². The van der Waals surface area contributed by atoms with Crippen LogP contribution in [0.5, 0.6) is 0 Å². The highest BCUT2D eigenvalue weighted by atomic mass is 19.1. The zero-order valence-corrected chi connectivity index (χ0v) is 11.3. The van der Waals surface area contributed by atoms with Crippen LogP contribution in [0.3, 0.4) is 0 Å². The highest BCUT2D eigenvalue weighted by Crippen LogP contribution is 2.48. The van der Waals surface area contributed by atoms with Crippen molar-refractivity contribution in [2.24, 2.45) is 0 Å². The molecule has 0 saturated carbocycles. The number of rotatable bonds is 4. The highest BCUT2D eigenvalue weighted by molar-refractivity contribution is 5.71. The largest absolute Gasteiger partial charge is 0.466 e. The molecule has 19 heavy (non-hydrogen) atoms. The van der Waals surface area contributed by atoms with Crippen LogP contribution in [-0.4, -0.2) is 17.7 Å². The molecule has 0 radical (unpaired) electrons. The molecular formula is C15H19FO3. The van der Waals surface area contributed by atoms with E-state index in [1.165, 1.54) is 12.1 Å². The van der Waals surface area contributed by atoms with E-state index in [1.54, 1.807) is 13.0 Å². The van der Waals surface area contributed by atoms with E-state index in [0.29, 0.717) is 12.0 Å². The van der Waals surface area contributed by atoms with Crippen LogP contribution in [-0.2, 0) is 15.1 Å². The summed E-state index contributed by atoms with van der Waals surface area (Å²) < 4.78 is 18.3. The third kappa shape index (κ3) is 2.63. The predicted molar refractivity (Wildman–Crippen MR) is 69.2 cm³/mol. The summed E-state index contributed by atoms with van der Waals surface area (Å²) in [5.41, 5.74) is 0.174. The molecule has 4 heteroatoms. The van der Waals surface area contributed by atoms with E-state index in [9.17, 15) is 14.3 Å². The number of hydrogen-bond acceptors (Lipinski definition) is 3. The number of carbonyl (C=O) groups is 1. The summed E-state index contributed by atoms with van der Waals surface area (Å²) in [5.74, 6) is -0.676. The molecule has 2 rings (SSSR count). The fraction of sp³-hybridized carbons (Fsp3) is 0.533. The van der Waals surface area contributed by atoms with Gasteiger partial charge in [0.25, 0.3) is 0 Å². The van der Waals surface area contributed by atoms with Crippen LogP contribution in [0.15, 0.2) is 18.2 Å². The number of fused-ring (bicyclic) bond motifs is 1. The van der Waals surface area contributed by atoms with Gasteiger partial charge in [-0.05, 0) is 48.9 Å². The molecule has 3 nitrogen and oxygen atoms in total. The Hall–Kier alpha value is -1.42. The Morgan fingerprint density at radius 1 is 1.53 bits per heavy atom. The van der Waals surface area contributed by atoms with Gasteiger partial charge < -0.3 is 9.84 Å². The van der Waals surface area contributed by atoms with Crippen molar-refractivity contribution in [3.05, 3.63) is 35.1 Å². The van der Waals surface area contributed by atoms with Crippen LogP contribution in [0.25, 0.3) is 0 Å². The molecule has 0 unspecified atom stereocenters. The van der Waals surface area contributed by atoms with E-state index in [2.05, 4.69) is 0 Å². The third-order valence-corrected chi connectivity index (χ3v) is 3.78. The van der Waals surface area contributed by atoms with Gasteiger partial charge >= 0.3 is 5.97 Å². The lowest BCUT2D eigenvalue weighted by Gasteiger charge is -2.23. The van der Waals surface area contributed by atoms with Crippen molar-refractivity contribution in [2.75, 3.05) is 6.61 Å². The van der Waals surface area contributed by atoms with Crippen molar-refractivity contribution in [3.63, 3.8) is 0 Å².